The Morgan fingerprint density at radius 1 is 1.25 bits per heavy atom. The summed E-state index contributed by atoms with van der Waals surface area (Å²) in [5, 5.41) is 10.9. The predicted molar refractivity (Wildman–Crippen MR) is 94.1 cm³/mol. The molecule has 1 aromatic heterocycles. The molecule has 5 heteroatoms. The molecule has 2 rings (SSSR count). The van der Waals surface area contributed by atoms with Crippen LogP contribution >= 0.6 is 0 Å². The fourth-order valence-electron chi connectivity index (χ4n) is 2.24. The molecule has 0 saturated carbocycles. The van der Waals surface area contributed by atoms with E-state index in [4.69, 9.17) is 13.9 Å². The Hall–Kier alpha value is -2.43. The van der Waals surface area contributed by atoms with Crippen LogP contribution in [0.15, 0.2) is 39.6 Å². The van der Waals surface area contributed by atoms with E-state index in [0.29, 0.717) is 17.6 Å². The quantitative estimate of drug-likeness (QED) is 0.482. The number of fused-ring (bicyclic) bond motifs is 1. The lowest BCUT2D eigenvalue weighted by Gasteiger charge is -2.22. The number of aromatic hydroxyl groups is 1. The third-order valence-corrected chi connectivity index (χ3v) is 3.18. The molecular weight excluding hydrogens is 308 g/mol. The molecule has 5 nitrogen and oxygen atoms in total. The van der Waals surface area contributed by atoms with Gasteiger partial charge in [-0.05, 0) is 45.7 Å². The summed E-state index contributed by atoms with van der Waals surface area (Å²) in [6.07, 6.45) is 5.57. The minimum atomic E-state index is -0.702. The molecule has 1 heterocycles. The highest BCUT2D eigenvalue weighted by atomic mass is 16.5. The molecule has 0 aliphatic carbocycles. The second-order valence-electron chi connectivity index (χ2n) is 6.43. The Labute approximate surface area is 141 Å². The van der Waals surface area contributed by atoms with Crippen molar-refractivity contribution < 1.29 is 19.0 Å². The first-order valence-corrected chi connectivity index (χ1v) is 8.09. The van der Waals surface area contributed by atoms with E-state index in [0.717, 1.165) is 6.42 Å². The van der Waals surface area contributed by atoms with Crippen molar-refractivity contribution in [2.24, 2.45) is 0 Å². The first kappa shape index (κ1) is 17.9. The average molecular weight is 332 g/mol. The maximum atomic E-state index is 12.1. The van der Waals surface area contributed by atoms with Crippen LogP contribution in [-0.2, 0) is 0 Å². The SMILES string of the molecule is CC/C=C/CCOc1c(O)c2c(OC(C)(C)C)cccc2oc1=O. The summed E-state index contributed by atoms with van der Waals surface area (Å²) in [5.41, 5.74) is -0.895. The maximum absolute atomic E-state index is 12.1. The molecule has 0 unspecified atom stereocenters. The molecule has 0 radical (unpaired) electrons. The van der Waals surface area contributed by atoms with Crippen LogP contribution in [0, 0.1) is 0 Å². The Kier molecular flexibility index (Phi) is 5.54. The largest absolute Gasteiger partial charge is 0.503 e. The van der Waals surface area contributed by atoms with Crippen LogP contribution in [0.3, 0.4) is 0 Å². The molecular formula is C19H24O5. The van der Waals surface area contributed by atoms with E-state index in [-0.39, 0.29) is 23.7 Å². The summed E-state index contributed by atoms with van der Waals surface area (Å²) in [4.78, 5) is 12.1. The van der Waals surface area contributed by atoms with E-state index >= 15 is 0 Å². The van der Waals surface area contributed by atoms with Crippen molar-refractivity contribution in [2.75, 3.05) is 6.61 Å². The van der Waals surface area contributed by atoms with Gasteiger partial charge in [-0.1, -0.05) is 25.1 Å². The van der Waals surface area contributed by atoms with Gasteiger partial charge >= 0.3 is 5.63 Å². The molecule has 1 N–H and O–H groups in total. The molecule has 0 spiro atoms. The number of rotatable bonds is 6. The van der Waals surface area contributed by atoms with Gasteiger partial charge in [0.25, 0.3) is 0 Å². The molecule has 0 aliphatic rings. The molecule has 130 valence electrons. The zero-order chi connectivity index (χ0) is 17.7. The standard InChI is InChI=1S/C19H24O5/c1-5-6-7-8-12-22-17-16(20)15-13(23-18(17)21)10-9-11-14(15)24-19(2,3)4/h6-7,9-11,20H,5,8,12H2,1-4H3/b7-6+. The van der Waals surface area contributed by atoms with Crippen LogP contribution in [0.1, 0.15) is 40.5 Å². The van der Waals surface area contributed by atoms with Crippen LogP contribution in [0.4, 0.5) is 0 Å². The molecule has 0 atom stereocenters. The van der Waals surface area contributed by atoms with Crippen molar-refractivity contribution in [2.45, 2.75) is 46.1 Å². The van der Waals surface area contributed by atoms with Gasteiger partial charge in [0.05, 0.1) is 6.61 Å². The summed E-state index contributed by atoms with van der Waals surface area (Å²) >= 11 is 0. The highest BCUT2D eigenvalue weighted by Gasteiger charge is 2.21. The fraction of sp³-hybridized carbons (Fsp3) is 0.421. The fourth-order valence-corrected chi connectivity index (χ4v) is 2.24. The third-order valence-electron chi connectivity index (χ3n) is 3.18. The zero-order valence-electron chi connectivity index (χ0n) is 14.6. The van der Waals surface area contributed by atoms with E-state index in [1.165, 1.54) is 0 Å². The van der Waals surface area contributed by atoms with Gasteiger partial charge in [-0.15, -0.1) is 0 Å². The second kappa shape index (κ2) is 7.43. The van der Waals surface area contributed by atoms with Crippen molar-refractivity contribution >= 4 is 11.0 Å². The van der Waals surface area contributed by atoms with Crippen LogP contribution in [0.2, 0.25) is 0 Å². The lowest BCUT2D eigenvalue weighted by Crippen LogP contribution is -2.23. The van der Waals surface area contributed by atoms with Gasteiger partial charge in [0.1, 0.15) is 22.3 Å². The first-order valence-electron chi connectivity index (χ1n) is 8.09. The lowest BCUT2D eigenvalue weighted by atomic mass is 10.1. The van der Waals surface area contributed by atoms with E-state index < -0.39 is 11.2 Å². The van der Waals surface area contributed by atoms with Gasteiger partial charge < -0.3 is 19.0 Å². The average Bonchev–Trinajstić information content (AvgIpc) is 2.48. The molecule has 0 saturated heterocycles. The molecule has 0 amide bonds. The maximum Gasteiger partial charge on any atom is 0.383 e. The van der Waals surface area contributed by atoms with Gasteiger partial charge in [-0.3, -0.25) is 0 Å². The van der Waals surface area contributed by atoms with Gasteiger partial charge in [-0.2, -0.15) is 0 Å². The Bertz CT molecular complexity index is 781. The minimum Gasteiger partial charge on any atom is -0.503 e. The monoisotopic (exact) mass is 332 g/mol. The van der Waals surface area contributed by atoms with Gasteiger partial charge in [0.15, 0.2) is 5.75 Å². The Morgan fingerprint density at radius 2 is 2.00 bits per heavy atom. The van der Waals surface area contributed by atoms with Crippen LogP contribution in [-0.4, -0.2) is 17.3 Å². The third kappa shape index (κ3) is 4.31. The summed E-state index contributed by atoms with van der Waals surface area (Å²) in [6.45, 7) is 8.03. The normalized spacial score (nSPS) is 12.0. The van der Waals surface area contributed by atoms with E-state index in [2.05, 4.69) is 0 Å². The molecule has 0 aliphatic heterocycles. The van der Waals surface area contributed by atoms with Crippen molar-refractivity contribution in [3.05, 3.63) is 40.8 Å². The highest BCUT2D eigenvalue weighted by Crippen LogP contribution is 2.38. The molecule has 1 aromatic carbocycles. The predicted octanol–water partition coefficient (Wildman–Crippen LogP) is 4.41. The van der Waals surface area contributed by atoms with Crippen molar-refractivity contribution in [1.29, 1.82) is 0 Å². The van der Waals surface area contributed by atoms with Crippen LogP contribution < -0.4 is 15.1 Å². The summed E-state index contributed by atoms with van der Waals surface area (Å²) in [5.74, 6) is 0.00917. The molecule has 0 bridgehead atoms. The van der Waals surface area contributed by atoms with Crippen LogP contribution in [0.5, 0.6) is 17.2 Å². The van der Waals surface area contributed by atoms with Crippen molar-refractivity contribution in [3.8, 4) is 17.2 Å². The first-order chi connectivity index (χ1) is 11.3. The Balaban J connectivity index is 2.40. The summed E-state index contributed by atoms with van der Waals surface area (Å²) < 4.78 is 16.6. The van der Waals surface area contributed by atoms with Crippen molar-refractivity contribution in [1.82, 2.24) is 0 Å². The molecule has 2 aromatic rings. The number of hydrogen-bond acceptors (Lipinski definition) is 5. The second-order valence-corrected chi connectivity index (χ2v) is 6.43. The molecule has 0 fully saturated rings. The highest BCUT2D eigenvalue weighted by molar-refractivity contribution is 5.91. The van der Waals surface area contributed by atoms with Gasteiger partial charge in [0, 0.05) is 0 Å². The topological polar surface area (TPSA) is 68.9 Å². The number of hydrogen-bond donors (Lipinski definition) is 1. The van der Waals surface area contributed by atoms with Gasteiger partial charge in [-0.25, -0.2) is 4.79 Å². The zero-order valence-corrected chi connectivity index (χ0v) is 14.6. The minimum absolute atomic E-state index is 0.183. The summed E-state index contributed by atoms with van der Waals surface area (Å²) in [7, 11) is 0. The van der Waals surface area contributed by atoms with Crippen molar-refractivity contribution in [3.63, 3.8) is 0 Å². The number of benzene rings is 1. The van der Waals surface area contributed by atoms with Crippen LogP contribution in [0.25, 0.3) is 11.0 Å². The molecule has 24 heavy (non-hydrogen) atoms. The van der Waals surface area contributed by atoms with E-state index in [1.54, 1.807) is 18.2 Å². The summed E-state index contributed by atoms with van der Waals surface area (Å²) in [6, 6.07) is 5.04. The van der Waals surface area contributed by atoms with E-state index in [9.17, 15) is 9.90 Å². The smallest absolute Gasteiger partial charge is 0.383 e. The van der Waals surface area contributed by atoms with E-state index in [1.807, 2.05) is 39.8 Å². The Morgan fingerprint density at radius 3 is 2.67 bits per heavy atom. The number of allylic oxidation sites excluding steroid dienone is 1. The van der Waals surface area contributed by atoms with Gasteiger partial charge in [0.2, 0.25) is 5.75 Å². The lowest BCUT2D eigenvalue weighted by molar-refractivity contribution is 0.132. The number of ether oxygens (including phenoxy) is 2.